The quantitative estimate of drug-likeness (QED) is 0.503. The van der Waals surface area contributed by atoms with Crippen LogP contribution in [0.5, 0.6) is 11.5 Å². The Morgan fingerprint density at radius 2 is 1.93 bits per heavy atom. The predicted octanol–water partition coefficient (Wildman–Crippen LogP) is 4.14. The number of benzene rings is 3. The molecule has 7 heteroatoms. The monoisotopic (exact) mass is 402 g/mol. The topological polar surface area (TPSA) is 78.3 Å². The Balaban J connectivity index is 1.55. The molecule has 0 aliphatic carbocycles. The highest BCUT2D eigenvalue weighted by molar-refractivity contribution is 6.06. The number of nitrogens with zero attached hydrogens (tertiary/aromatic N) is 3. The molecule has 0 saturated carbocycles. The van der Waals surface area contributed by atoms with Gasteiger partial charge in [0.15, 0.2) is 0 Å². The molecule has 0 bridgehead atoms. The van der Waals surface area contributed by atoms with Gasteiger partial charge >= 0.3 is 0 Å². The number of methoxy groups -OCH3 is 1. The predicted molar refractivity (Wildman–Crippen MR) is 115 cm³/mol. The Bertz CT molecular complexity index is 1190. The van der Waals surface area contributed by atoms with Crippen LogP contribution in [0.4, 0.5) is 5.69 Å². The van der Waals surface area contributed by atoms with Gasteiger partial charge in [0.05, 0.1) is 31.5 Å². The van der Waals surface area contributed by atoms with Gasteiger partial charge in [0.25, 0.3) is 5.91 Å². The summed E-state index contributed by atoms with van der Waals surface area (Å²) in [5.41, 5.74) is 3.69. The minimum Gasteiger partial charge on any atom is -0.497 e. The van der Waals surface area contributed by atoms with Crippen molar-refractivity contribution in [1.29, 1.82) is 0 Å². The molecule has 1 aromatic heterocycles. The van der Waals surface area contributed by atoms with Crippen molar-refractivity contribution in [3.63, 3.8) is 0 Å². The summed E-state index contributed by atoms with van der Waals surface area (Å²) in [6, 6.07) is 20.5. The van der Waals surface area contributed by atoms with Crippen LogP contribution in [0.25, 0.3) is 11.0 Å². The standard InChI is InChI=1S/C23H22N4O3/c1-3-30-22-10-5-4-9-19(22)24-23(28)17-11-12-21-20(14-17)25-26-27(21)15-16-7-6-8-18(13-16)29-2/h4-14H,3,15H2,1-2H3,(H,24,28). The zero-order valence-corrected chi connectivity index (χ0v) is 16.8. The van der Waals surface area contributed by atoms with E-state index in [1.165, 1.54) is 0 Å². The first-order valence-electron chi connectivity index (χ1n) is 9.67. The first kappa shape index (κ1) is 19.4. The third-order valence-electron chi connectivity index (χ3n) is 4.68. The maximum Gasteiger partial charge on any atom is 0.255 e. The Hall–Kier alpha value is -3.87. The van der Waals surface area contributed by atoms with Crippen LogP contribution in [0.2, 0.25) is 0 Å². The van der Waals surface area contributed by atoms with Crippen molar-refractivity contribution in [3.8, 4) is 11.5 Å². The molecule has 0 saturated heterocycles. The van der Waals surface area contributed by atoms with E-state index in [2.05, 4.69) is 15.6 Å². The summed E-state index contributed by atoms with van der Waals surface area (Å²) in [5.74, 6) is 1.20. The zero-order valence-electron chi connectivity index (χ0n) is 16.8. The summed E-state index contributed by atoms with van der Waals surface area (Å²) in [6.07, 6.45) is 0. The van der Waals surface area contributed by atoms with E-state index in [0.29, 0.717) is 35.7 Å². The fraction of sp³-hybridized carbons (Fsp3) is 0.174. The molecule has 30 heavy (non-hydrogen) atoms. The molecule has 0 fully saturated rings. The van der Waals surface area contributed by atoms with E-state index >= 15 is 0 Å². The second-order valence-electron chi connectivity index (χ2n) is 6.69. The third-order valence-corrected chi connectivity index (χ3v) is 4.68. The highest BCUT2D eigenvalue weighted by Crippen LogP contribution is 2.25. The lowest BCUT2D eigenvalue weighted by Crippen LogP contribution is -2.13. The van der Waals surface area contributed by atoms with E-state index in [1.54, 1.807) is 23.9 Å². The highest BCUT2D eigenvalue weighted by atomic mass is 16.5. The molecule has 1 amide bonds. The minimum atomic E-state index is -0.230. The summed E-state index contributed by atoms with van der Waals surface area (Å²) < 4.78 is 12.7. The van der Waals surface area contributed by atoms with Gasteiger partial charge < -0.3 is 14.8 Å². The van der Waals surface area contributed by atoms with Crippen molar-refractivity contribution in [2.75, 3.05) is 19.0 Å². The molecule has 1 heterocycles. The summed E-state index contributed by atoms with van der Waals surface area (Å²) in [5, 5.41) is 11.4. The molecule has 0 spiro atoms. The first-order chi connectivity index (χ1) is 14.7. The molecule has 0 aliphatic heterocycles. The van der Waals surface area contributed by atoms with E-state index in [9.17, 15) is 4.79 Å². The Morgan fingerprint density at radius 3 is 2.77 bits per heavy atom. The fourth-order valence-electron chi connectivity index (χ4n) is 3.22. The van der Waals surface area contributed by atoms with Crippen molar-refractivity contribution in [2.24, 2.45) is 0 Å². The molecule has 4 rings (SSSR count). The summed E-state index contributed by atoms with van der Waals surface area (Å²) in [7, 11) is 1.64. The summed E-state index contributed by atoms with van der Waals surface area (Å²) in [6.45, 7) is 2.98. The lowest BCUT2D eigenvalue weighted by Gasteiger charge is -2.11. The van der Waals surface area contributed by atoms with Crippen molar-refractivity contribution in [2.45, 2.75) is 13.5 Å². The van der Waals surface area contributed by atoms with Gasteiger partial charge in [-0.05, 0) is 55.0 Å². The van der Waals surface area contributed by atoms with Gasteiger partial charge in [0.1, 0.15) is 17.0 Å². The highest BCUT2D eigenvalue weighted by Gasteiger charge is 2.13. The number of carbonyl (C=O) groups excluding carboxylic acids is 1. The smallest absolute Gasteiger partial charge is 0.255 e. The van der Waals surface area contributed by atoms with Gasteiger partial charge in [-0.2, -0.15) is 0 Å². The molecular formula is C23H22N4O3. The molecule has 7 nitrogen and oxygen atoms in total. The first-order valence-corrected chi connectivity index (χ1v) is 9.67. The van der Waals surface area contributed by atoms with E-state index in [4.69, 9.17) is 9.47 Å². The largest absolute Gasteiger partial charge is 0.497 e. The molecule has 3 aromatic carbocycles. The number of anilines is 1. The van der Waals surface area contributed by atoms with Crippen LogP contribution in [0, 0.1) is 0 Å². The number of amides is 1. The number of carbonyl (C=O) groups is 1. The molecule has 152 valence electrons. The second kappa shape index (κ2) is 8.65. The van der Waals surface area contributed by atoms with E-state index in [-0.39, 0.29) is 5.91 Å². The van der Waals surface area contributed by atoms with Crippen molar-refractivity contribution < 1.29 is 14.3 Å². The lowest BCUT2D eigenvalue weighted by atomic mass is 10.1. The minimum absolute atomic E-state index is 0.230. The van der Waals surface area contributed by atoms with Gasteiger partial charge in [-0.15, -0.1) is 5.10 Å². The Kier molecular flexibility index (Phi) is 5.61. The number of aromatic nitrogens is 3. The van der Waals surface area contributed by atoms with E-state index in [1.807, 2.05) is 61.5 Å². The van der Waals surface area contributed by atoms with Crippen molar-refractivity contribution in [3.05, 3.63) is 77.9 Å². The lowest BCUT2D eigenvalue weighted by molar-refractivity contribution is 0.102. The number of para-hydroxylation sites is 2. The number of nitrogens with one attached hydrogen (secondary N) is 1. The SMILES string of the molecule is CCOc1ccccc1NC(=O)c1ccc2c(c1)nnn2Cc1cccc(OC)c1. The number of hydrogen-bond donors (Lipinski definition) is 1. The number of hydrogen-bond acceptors (Lipinski definition) is 5. The summed E-state index contributed by atoms with van der Waals surface area (Å²) >= 11 is 0. The third kappa shape index (κ3) is 4.10. The average molecular weight is 402 g/mol. The van der Waals surface area contributed by atoms with Crippen molar-refractivity contribution >= 4 is 22.6 Å². The maximum absolute atomic E-state index is 12.7. The van der Waals surface area contributed by atoms with Gasteiger partial charge in [-0.1, -0.05) is 29.5 Å². The van der Waals surface area contributed by atoms with Gasteiger partial charge in [-0.3, -0.25) is 4.79 Å². The molecule has 1 N–H and O–H groups in total. The van der Waals surface area contributed by atoms with Crippen LogP contribution >= 0.6 is 0 Å². The van der Waals surface area contributed by atoms with E-state index in [0.717, 1.165) is 16.8 Å². The Morgan fingerprint density at radius 1 is 1.07 bits per heavy atom. The fourth-order valence-corrected chi connectivity index (χ4v) is 3.22. The van der Waals surface area contributed by atoms with Crippen LogP contribution in [0.1, 0.15) is 22.8 Å². The van der Waals surface area contributed by atoms with Crippen LogP contribution in [-0.4, -0.2) is 34.6 Å². The average Bonchev–Trinajstić information content (AvgIpc) is 3.17. The second-order valence-corrected chi connectivity index (χ2v) is 6.69. The normalized spacial score (nSPS) is 10.7. The molecular weight excluding hydrogens is 380 g/mol. The zero-order chi connectivity index (χ0) is 20.9. The van der Waals surface area contributed by atoms with Crippen LogP contribution in [0.15, 0.2) is 66.7 Å². The van der Waals surface area contributed by atoms with Gasteiger partial charge in [0.2, 0.25) is 0 Å². The maximum atomic E-state index is 12.7. The van der Waals surface area contributed by atoms with Crippen LogP contribution in [-0.2, 0) is 6.54 Å². The van der Waals surface area contributed by atoms with E-state index < -0.39 is 0 Å². The number of fused-ring (bicyclic) bond motifs is 1. The van der Waals surface area contributed by atoms with Crippen LogP contribution in [0.3, 0.4) is 0 Å². The van der Waals surface area contributed by atoms with Gasteiger partial charge in [0, 0.05) is 5.56 Å². The van der Waals surface area contributed by atoms with Crippen LogP contribution < -0.4 is 14.8 Å². The van der Waals surface area contributed by atoms with Crippen molar-refractivity contribution in [1.82, 2.24) is 15.0 Å². The van der Waals surface area contributed by atoms with Gasteiger partial charge in [-0.25, -0.2) is 4.68 Å². The molecule has 4 aromatic rings. The summed E-state index contributed by atoms with van der Waals surface area (Å²) in [4.78, 5) is 12.7. The molecule has 0 atom stereocenters. The number of ether oxygens (including phenoxy) is 2. The molecule has 0 aliphatic rings. The molecule has 0 unspecified atom stereocenters. The Labute approximate surface area is 174 Å². The molecule has 0 radical (unpaired) electrons. The number of rotatable bonds is 7.